The summed E-state index contributed by atoms with van der Waals surface area (Å²) >= 11 is 3.47. The molecule has 0 radical (unpaired) electrons. The second kappa shape index (κ2) is 17.2. The van der Waals surface area contributed by atoms with E-state index >= 15 is 0 Å². The molecule has 0 aliphatic carbocycles. The Kier molecular flexibility index (Phi) is 9.90. The van der Waals surface area contributed by atoms with Crippen LogP contribution in [0.2, 0.25) is 0 Å². The standard InChI is InChI=1S/C68H42N4S2/c1-3-15-53-45(13-1)41-63(59-19-7-5-17-57(53)59)71(49-31-27-43(28-32-49)67-69-61-21-9-11-23-65(61)73-67)51-35-37-55-47(39-51)25-26-48-40-52(36-38-56(48)55)72(64-42-46-14-2-4-16-54(46)58-18-6-8-20-60(58)64)50-33-29-44(30-34-50)68-70-62-22-10-12-24-66(62)74-68/h1-42H. The highest BCUT2D eigenvalue weighted by Gasteiger charge is 2.21. The molecule has 15 rings (SSSR count). The average molecular weight is 979 g/mol. The smallest absolute Gasteiger partial charge is 0.124 e. The Morgan fingerprint density at radius 3 is 1.03 bits per heavy atom. The molecule has 0 saturated heterocycles. The number of anilines is 6. The largest absolute Gasteiger partial charge is 0.310 e. The van der Waals surface area contributed by atoms with E-state index in [1.54, 1.807) is 22.7 Å². The van der Waals surface area contributed by atoms with Crippen LogP contribution in [-0.4, -0.2) is 9.97 Å². The predicted molar refractivity (Wildman–Crippen MR) is 318 cm³/mol. The molecule has 2 aromatic heterocycles. The summed E-state index contributed by atoms with van der Waals surface area (Å²) in [6, 6.07) is 92.9. The van der Waals surface area contributed by atoms with Crippen molar-refractivity contribution in [3.63, 3.8) is 0 Å². The van der Waals surface area contributed by atoms with Gasteiger partial charge < -0.3 is 9.80 Å². The van der Waals surface area contributed by atoms with E-state index < -0.39 is 0 Å². The lowest BCUT2D eigenvalue weighted by Gasteiger charge is -2.28. The van der Waals surface area contributed by atoms with Gasteiger partial charge >= 0.3 is 0 Å². The van der Waals surface area contributed by atoms with Crippen LogP contribution in [0.15, 0.2) is 255 Å². The highest BCUT2D eigenvalue weighted by Crippen LogP contribution is 2.47. The molecule has 0 N–H and O–H groups in total. The van der Waals surface area contributed by atoms with Crippen LogP contribution in [0.1, 0.15) is 0 Å². The first-order valence-electron chi connectivity index (χ1n) is 25.0. The van der Waals surface area contributed by atoms with Crippen molar-refractivity contribution in [3.05, 3.63) is 255 Å². The molecule has 346 valence electrons. The Morgan fingerprint density at radius 2 is 0.595 bits per heavy atom. The Balaban J connectivity index is 0.866. The van der Waals surface area contributed by atoms with Gasteiger partial charge in [0.25, 0.3) is 0 Å². The fourth-order valence-electron chi connectivity index (χ4n) is 11.1. The minimum absolute atomic E-state index is 1.02. The molecular formula is C68H42N4S2. The maximum Gasteiger partial charge on any atom is 0.124 e. The molecule has 6 heteroatoms. The summed E-state index contributed by atoms with van der Waals surface area (Å²) in [6.45, 7) is 0. The van der Waals surface area contributed by atoms with E-state index in [0.29, 0.717) is 0 Å². The van der Waals surface area contributed by atoms with Crippen molar-refractivity contribution in [3.8, 4) is 21.1 Å². The summed E-state index contributed by atoms with van der Waals surface area (Å²) in [7, 11) is 0. The molecule has 0 fully saturated rings. The monoisotopic (exact) mass is 978 g/mol. The van der Waals surface area contributed by atoms with Crippen molar-refractivity contribution in [2.45, 2.75) is 0 Å². The van der Waals surface area contributed by atoms with Crippen molar-refractivity contribution in [2.24, 2.45) is 0 Å². The number of benzene rings is 13. The van der Waals surface area contributed by atoms with Crippen LogP contribution in [0.25, 0.3) is 106 Å². The number of thiazole rings is 2. The fourth-order valence-corrected chi connectivity index (χ4v) is 13.1. The van der Waals surface area contributed by atoms with Gasteiger partial charge in [-0.15, -0.1) is 22.7 Å². The van der Waals surface area contributed by atoms with E-state index in [1.165, 1.54) is 74.0 Å². The van der Waals surface area contributed by atoms with Gasteiger partial charge in [-0.3, -0.25) is 0 Å². The number of aromatic nitrogens is 2. The number of hydrogen-bond acceptors (Lipinski definition) is 6. The van der Waals surface area contributed by atoms with Crippen LogP contribution in [0, 0.1) is 0 Å². The van der Waals surface area contributed by atoms with E-state index in [-0.39, 0.29) is 0 Å². The maximum atomic E-state index is 5.00. The van der Waals surface area contributed by atoms with Gasteiger partial charge in [0.15, 0.2) is 0 Å². The molecule has 15 aromatic rings. The number of fused-ring (bicyclic) bond motifs is 11. The van der Waals surface area contributed by atoms with Crippen LogP contribution in [0.5, 0.6) is 0 Å². The van der Waals surface area contributed by atoms with Gasteiger partial charge in [0, 0.05) is 44.6 Å². The Labute approximate surface area is 434 Å². The molecular weight excluding hydrogens is 937 g/mol. The number of nitrogens with zero attached hydrogens (tertiary/aromatic N) is 4. The molecule has 0 unspecified atom stereocenters. The third-order valence-electron chi connectivity index (χ3n) is 14.6. The molecule has 0 aliphatic heterocycles. The zero-order valence-electron chi connectivity index (χ0n) is 39.9. The summed E-state index contributed by atoms with van der Waals surface area (Å²) in [5.74, 6) is 0. The van der Waals surface area contributed by atoms with E-state index in [2.05, 4.69) is 265 Å². The highest BCUT2D eigenvalue weighted by atomic mass is 32.1. The molecule has 0 amide bonds. The lowest BCUT2D eigenvalue weighted by atomic mass is 9.97. The first-order valence-corrected chi connectivity index (χ1v) is 26.6. The summed E-state index contributed by atoms with van der Waals surface area (Å²) in [4.78, 5) is 14.8. The topological polar surface area (TPSA) is 32.3 Å². The third kappa shape index (κ3) is 7.10. The van der Waals surface area contributed by atoms with Gasteiger partial charge in [-0.2, -0.15) is 0 Å². The summed E-state index contributed by atoms with van der Waals surface area (Å²) in [5.41, 5.74) is 10.9. The zero-order chi connectivity index (χ0) is 48.7. The van der Waals surface area contributed by atoms with Crippen LogP contribution in [-0.2, 0) is 0 Å². The third-order valence-corrected chi connectivity index (χ3v) is 16.8. The average Bonchev–Trinajstić information content (AvgIpc) is 4.11. The van der Waals surface area contributed by atoms with E-state index in [4.69, 9.17) is 9.97 Å². The fraction of sp³-hybridized carbons (Fsp3) is 0. The van der Waals surface area contributed by atoms with Crippen LogP contribution < -0.4 is 9.80 Å². The minimum atomic E-state index is 1.02. The molecule has 2 heterocycles. The van der Waals surface area contributed by atoms with Crippen LogP contribution >= 0.6 is 22.7 Å². The SMILES string of the molecule is c1ccc2c(c1)cc(N(c1ccc(-c3nc4ccccc4s3)cc1)c1ccc3c(ccc4cc(N(c5ccc(-c6nc7ccccc7s6)cc5)c5cc6ccccc6c6ccccc56)ccc43)c1)c1ccccc12. The van der Waals surface area contributed by atoms with E-state index in [0.717, 1.165) is 66.3 Å². The Hall–Kier alpha value is -9.20. The van der Waals surface area contributed by atoms with Gasteiger partial charge in [-0.25, -0.2) is 9.97 Å². The molecule has 13 aromatic carbocycles. The summed E-state index contributed by atoms with van der Waals surface area (Å²) in [5, 5.41) is 16.6. The molecule has 0 saturated carbocycles. The van der Waals surface area contributed by atoms with Crippen molar-refractivity contribution in [2.75, 3.05) is 9.80 Å². The molecule has 0 atom stereocenters. The minimum Gasteiger partial charge on any atom is -0.310 e. The van der Waals surface area contributed by atoms with Crippen molar-refractivity contribution < 1.29 is 0 Å². The van der Waals surface area contributed by atoms with Crippen molar-refractivity contribution in [1.82, 2.24) is 9.97 Å². The van der Waals surface area contributed by atoms with Gasteiger partial charge in [0.2, 0.25) is 0 Å². The van der Waals surface area contributed by atoms with Crippen molar-refractivity contribution in [1.29, 1.82) is 0 Å². The predicted octanol–water partition coefficient (Wildman–Crippen LogP) is 20.1. The van der Waals surface area contributed by atoms with Gasteiger partial charge in [0.05, 0.1) is 31.8 Å². The van der Waals surface area contributed by atoms with Crippen LogP contribution in [0.3, 0.4) is 0 Å². The van der Waals surface area contributed by atoms with E-state index in [9.17, 15) is 0 Å². The van der Waals surface area contributed by atoms with Gasteiger partial charge in [0.1, 0.15) is 10.0 Å². The zero-order valence-corrected chi connectivity index (χ0v) is 41.5. The van der Waals surface area contributed by atoms with Crippen molar-refractivity contribution >= 4 is 142 Å². The number of para-hydroxylation sites is 2. The summed E-state index contributed by atoms with van der Waals surface area (Å²) in [6.07, 6.45) is 0. The molecule has 74 heavy (non-hydrogen) atoms. The first kappa shape index (κ1) is 42.5. The first-order chi connectivity index (χ1) is 36.6. The second-order valence-electron chi connectivity index (χ2n) is 18.9. The number of rotatable bonds is 8. The lowest BCUT2D eigenvalue weighted by molar-refractivity contribution is 1.30. The maximum absolute atomic E-state index is 5.00. The highest BCUT2D eigenvalue weighted by molar-refractivity contribution is 7.22. The Morgan fingerprint density at radius 1 is 0.257 bits per heavy atom. The Bertz CT molecular complexity index is 4320. The van der Waals surface area contributed by atoms with Gasteiger partial charge in [-0.05, 0) is 163 Å². The number of hydrogen-bond donors (Lipinski definition) is 0. The normalized spacial score (nSPS) is 11.8. The summed E-state index contributed by atoms with van der Waals surface area (Å²) < 4.78 is 2.39. The molecule has 0 bridgehead atoms. The van der Waals surface area contributed by atoms with Crippen LogP contribution in [0.4, 0.5) is 34.1 Å². The second-order valence-corrected chi connectivity index (χ2v) is 21.0. The molecule has 0 spiro atoms. The molecule has 4 nitrogen and oxygen atoms in total. The van der Waals surface area contributed by atoms with E-state index in [1.807, 2.05) is 0 Å². The molecule has 0 aliphatic rings. The van der Waals surface area contributed by atoms with Gasteiger partial charge in [-0.1, -0.05) is 146 Å². The quantitative estimate of drug-likeness (QED) is 0.142. The lowest BCUT2D eigenvalue weighted by Crippen LogP contribution is -2.11.